The van der Waals surface area contributed by atoms with Gasteiger partial charge in [0.2, 0.25) is 0 Å². The van der Waals surface area contributed by atoms with Crippen LogP contribution < -0.4 is 11.1 Å². The molecule has 1 aliphatic heterocycles. The number of nitrogens with one attached hydrogen (secondary N) is 1. The first kappa shape index (κ1) is 11.0. The molecule has 0 amide bonds. The minimum Gasteiger partial charge on any atom is -0.392 e. The van der Waals surface area contributed by atoms with E-state index in [0.717, 1.165) is 26.2 Å². The van der Waals surface area contributed by atoms with Crippen molar-refractivity contribution in [3.63, 3.8) is 0 Å². The molecular weight excluding hydrogens is 226 g/mol. The van der Waals surface area contributed by atoms with Gasteiger partial charge in [0.15, 0.2) is 0 Å². The lowest BCUT2D eigenvalue weighted by atomic mass is 10.2. The van der Waals surface area contributed by atoms with Crippen molar-refractivity contribution >= 4 is 28.5 Å². The molecule has 2 rings (SSSR count). The normalized spacial score (nSPS) is 20.0. The van der Waals surface area contributed by atoms with E-state index in [1.165, 1.54) is 4.88 Å². The largest absolute Gasteiger partial charge is 0.392 e. The van der Waals surface area contributed by atoms with Gasteiger partial charge in [0, 0.05) is 31.1 Å². The maximum absolute atomic E-state index is 5.83. The molecule has 82 valence electrons. The highest BCUT2D eigenvalue weighted by Gasteiger charge is 2.24. The number of nitrogens with zero attached hydrogens (tertiary/aromatic N) is 1. The van der Waals surface area contributed by atoms with Crippen molar-refractivity contribution in [3.05, 3.63) is 22.4 Å². The summed E-state index contributed by atoms with van der Waals surface area (Å²) in [4.78, 5) is 4.19. The Kier molecular flexibility index (Phi) is 3.69. The number of thiophene rings is 1. The Morgan fingerprint density at radius 1 is 1.53 bits per heavy atom. The van der Waals surface area contributed by atoms with Gasteiger partial charge >= 0.3 is 0 Å². The molecule has 1 unspecified atom stereocenters. The third-order valence-corrected chi connectivity index (χ3v) is 3.75. The first-order valence-electron chi connectivity index (χ1n) is 5.06. The summed E-state index contributed by atoms with van der Waals surface area (Å²) >= 11 is 6.89. The zero-order chi connectivity index (χ0) is 10.7. The van der Waals surface area contributed by atoms with Gasteiger partial charge in [0.25, 0.3) is 0 Å². The molecule has 2 heterocycles. The predicted octanol–water partition coefficient (Wildman–Crippen LogP) is 0.980. The molecular formula is C10H15N3S2. The number of hydrogen-bond acceptors (Lipinski definition) is 4. The highest BCUT2D eigenvalue weighted by atomic mass is 32.1. The zero-order valence-electron chi connectivity index (χ0n) is 8.48. The number of thiocarbonyl (C=S) groups is 1. The standard InChI is InChI=1S/C10H15N3S2/c11-10(14)9(8-2-1-7-15-8)13-5-3-12-4-6-13/h1-2,7,9,12H,3-6H2,(H2,11,14). The lowest BCUT2D eigenvalue weighted by Crippen LogP contribution is -2.47. The smallest absolute Gasteiger partial charge is 0.0956 e. The quantitative estimate of drug-likeness (QED) is 0.774. The van der Waals surface area contributed by atoms with Gasteiger partial charge in [-0.05, 0) is 11.4 Å². The van der Waals surface area contributed by atoms with Crippen molar-refractivity contribution in [1.82, 2.24) is 10.2 Å². The fourth-order valence-corrected chi connectivity index (χ4v) is 3.11. The van der Waals surface area contributed by atoms with Crippen molar-refractivity contribution < 1.29 is 0 Å². The van der Waals surface area contributed by atoms with Gasteiger partial charge < -0.3 is 11.1 Å². The topological polar surface area (TPSA) is 41.3 Å². The van der Waals surface area contributed by atoms with Crippen LogP contribution in [0, 0.1) is 0 Å². The van der Waals surface area contributed by atoms with E-state index in [2.05, 4.69) is 21.7 Å². The molecule has 3 nitrogen and oxygen atoms in total. The number of hydrogen-bond donors (Lipinski definition) is 2. The lowest BCUT2D eigenvalue weighted by molar-refractivity contribution is 0.217. The van der Waals surface area contributed by atoms with Crippen molar-refractivity contribution in [2.24, 2.45) is 5.73 Å². The first-order valence-corrected chi connectivity index (χ1v) is 6.35. The summed E-state index contributed by atoms with van der Waals surface area (Å²) in [5.74, 6) is 0. The molecule has 5 heteroatoms. The monoisotopic (exact) mass is 241 g/mol. The third kappa shape index (κ3) is 2.55. The number of piperazine rings is 1. The molecule has 0 radical (unpaired) electrons. The van der Waals surface area contributed by atoms with Crippen LogP contribution in [0.2, 0.25) is 0 Å². The second-order valence-corrected chi connectivity index (χ2v) is 5.06. The van der Waals surface area contributed by atoms with Crippen LogP contribution in [-0.4, -0.2) is 36.1 Å². The molecule has 15 heavy (non-hydrogen) atoms. The van der Waals surface area contributed by atoms with Crippen LogP contribution in [0.1, 0.15) is 10.9 Å². The predicted molar refractivity (Wildman–Crippen MR) is 68.3 cm³/mol. The zero-order valence-corrected chi connectivity index (χ0v) is 10.1. The van der Waals surface area contributed by atoms with Crippen LogP contribution in [0.4, 0.5) is 0 Å². The summed E-state index contributed by atoms with van der Waals surface area (Å²) in [6.07, 6.45) is 0. The molecule has 0 aliphatic carbocycles. The Balaban J connectivity index is 2.15. The molecule has 0 bridgehead atoms. The van der Waals surface area contributed by atoms with Gasteiger partial charge in [0.1, 0.15) is 0 Å². The maximum atomic E-state index is 5.83. The highest BCUT2D eigenvalue weighted by Crippen LogP contribution is 2.25. The first-order chi connectivity index (χ1) is 7.29. The second-order valence-electron chi connectivity index (χ2n) is 3.61. The molecule has 0 aromatic carbocycles. The van der Waals surface area contributed by atoms with E-state index in [-0.39, 0.29) is 6.04 Å². The van der Waals surface area contributed by atoms with E-state index < -0.39 is 0 Å². The Labute approximate surface area is 99.3 Å². The van der Waals surface area contributed by atoms with Crippen LogP contribution in [0.5, 0.6) is 0 Å². The molecule has 0 saturated carbocycles. The van der Waals surface area contributed by atoms with Crippen molar-refractivity contribution in [2.45, 2.75) is 6.04 Å². The molecule has 1 saturated heterocycles. The number of rotatable bonds is 3. The van der Waals surface area contributed by atoms with Crippen LogP contribution in [0.15, 0.2) is 17.5 Å². The molecule has 1 aliphatic rings. The Morgan fingerprint density at radius 3 is 2.80 bits per heavy atom. The van der Waals surface area contributed by atoms with Crippen molar-refractivity contribution in [3.8, 4) is 0 Å². The third-order valence-electron chi connectivity index (χ3n) is 2.60. The Hall–Kier alpha value is -0.490. The summed E-state index contributed by atoms with van der Waals surface area (Å²) in [6.45, 7) is 4.06. The average molecular weight is 241 g/mol. The van der Waals surface area contributed by atoms with Crippen LogP contribution in [-0.2, 0) is 0 Å². The molecule has 1 aromatic rings. The lowest BCUT2D eigenvalue weighted by Gasteiger charge is -2.33. The number of nitrogens with two attached hydrogens (primary N) is 1. The SMILES string of the molecule is NC(=S)C(c1cccs1)N1CCNCC1. The molecule has 0 spiro atoms. The van der Waals surface area contributed by atoms with Crippen molar-refractivity contribution in [2.75, 3.05) is 26.2 Å². The Bertz CT molecular complexity index is 317. The van der Waals surface area contributed by atoms with E-state index in [9.17, 15) is 0 Å². The minimum absolute atomic E-state index is 0.127. The van der Waals surface area contributed by atoms with Crippen molar-refractivity contribution in [1.29, 1.82) is 0 Å². The van der Waals surface area contributed by atoms with E-state index in [1.54, 1.807) is 11.3 Å². The van der Waals surface area contributed by atoms with E-state index in [0.29, 0.717) is 4.99 Å². The van der Waals surface area contributed by atoms with E-state index in [1.807, 2.05) is 6.07 Å². The minimum atomic E-state index is 0.127. The molecule has 1 aromatic heterocycles. The molecule has 3 N–H and O–H groups in total. The van der Waals surface area contributed by atoms with Crippen LogP contribution in [0.25, 0.3) is 0 Å². The van der Waals surface area contributed by atoms with E-state index >= 15 is 0 Å². The summed E-state index contributed by atoms with van der Waals surface area (Å²) in [5, 5.41) is 5.40. The van der Waals surface area contributed by atoms with Crippen LogP contribution >= 0.6 is 23.6 Å². The van der Waals surface area contributed by atoms with Crippen LogP contribution in [0.3, 0.4) is 0 Å². The van der Waals surface area contributed by atoms with Gasteiger partial charge in [-0.2, -0.15) is 0 Å². The Morgan fingerprint density at radius 2 is 2.27 bits per heavy atom. The summed E-state index contributed by atoms with van der Waals surface area (Å²) < 4.78 is 0. The summed E-state index contributed by atoms with van der Waals surface area (Å²) in [6, 6.07) is 4.28. The maximum Gasteiger partial charge on any atom is 0.0956 e. The van der Waals surface area contributed by atoms with E-state index in [4.69, 9.17) is 18.0 Å². The fourth-order valence-electron chi connectivity index (χ4n) is 1.89. The van der Waals surface area contributed by atoms with Gasteiger partial charge in [0.05, 0.1) is 11.0 Å². The van der Waals surface area contributed by atoms with Gasteiger partial charge in [-0.3, -0.25) is 4.90 Å². The fraction of sp³-hybridized carbons (Fsp3) is 0.500. The highest BCUT2D eigenvalue weighted by molar-refractivity contribution is 7.80. The molecule has 1 fully saturated rings. The summed E-state index contributed by atoms with van der Waals surface area (Å²) in [7, 11) is 0. The van der Waals surface area contributed by atoms with Gasteiger partial charge in [-0.1, -0.05) is 18.3 Å². The van der Waals surface area contributed by atoms with Gasteiger partial charge in [-0.15, -0.1) is 11.3 Å². The molecule has 1 atom stereocenters. The van der Waals surface area contributed by atoms with Gasteiger partial charge in [-0.25, -0.2) is 0 Å². The average Bonchev–Trinajstić information content (AvgIpc) is 2.72. The second kappa shape index (κ2) is 5.03. The summed E-state index contributed by atoms with van der Waals surface area (Å²) in [5.41, 5.74) is 5.83.